The molecule has 100 valence electrons. The van der Waals surface area contributed by atoms with Crippen molar-refractivity contribution in [1.82, 2.24) is 9.88 Å². The van der Waals surface area contributed by atoms with E-state index in [0.29, 0.717) is 0 Å². The second-order valence-electron chi connectivity index (χ2n) is 5.07. The molecule has 1 N–H and O–H groups in total. The van der Waals surface area contributed by atoms with Crippen molar-refractivity contribution in [3.63, 3.8) is 0 Å². The zero-order chi connectivity index (χ0) is 13.1. The molecule has 0 aromatic carbocycles. The van der Waals surface area contributed by atoms with Crippen molar-refractivity contribution in [1.29, 1.82) is 0 Å². The number of nitrogens with one attached hydrogen (secondary N) is 1. The van der Waals surface area contributed by atoms with Gasteiger partial charge in [-0.1, -0.05) is 6.07 Å². The summed E-state index contributed by atoms with van der Waals surface area (Å²) in [5.74, 6) is 0.930. The molecule has 0 amide bonds. The van der Waals surface area contributed by atoms with Crippen molar-refractivity contribution in [2.75, 3.05) is 12.4 Å². The van der Waals surface area contributed by atoms with Crippen LogP contribution in [-0.2, 0) is 13.1 Å². The van der Waals surface area contributed by atoms with Crippen molar-refractivity contribution in [2.45, 2.75) is 32.0 Å². The molecule has 1 aliphatic rings. The first-order chi connectivity index (χ1) is 9.35. The van der Waals surface area contributed by atoms with E-state index in [1.807, 2.05) is 19.3 Å². The molecule has 0 radical (unpaired) electrons. The molecule has 19 heavy (non-hydrogen) atoms. The Kier molecular flexibility index (Phi) is 3.80. The molecular formula is C15H19N3S. The van der Waals surface area contributed by atoms with Gasteiger partial charge >= 0.3 is 0 Å². The average molecular weight is 273 g/mol. The molecule has 1 saturated carbocycles. The maximum absolute atomic E-state index is 4.39. The number of thiophene rings is 1. The Hall–Kier alpha value is -1.39. The highest BCUT2D eigenvalue weighted by molar-refractivity contribution is 7.07. The lowest BCUT2D eigenvalue weighted by Gasteiger charge is -2.21. The fourth-order valence-corrected chi connectivity index (χ4v) is 2.93. The zero-order valence-electron chi connectivity index (χ0n) is 11.2. The fourth-order valence-electron chi connectivity index (χ4n) is 2.27. The number of pyridine rings is 1. The summed E-state index contributed by atoms with van der Waals surface area (Å²) in [6.45, 7) is 2.06. The van der Waals surface area contributed by atoms with E-state index in [9.17, 15) is 0 Å². The molecule has 2 aromatic rings. The van der Waals surface area contributed by atoms with Crippen LogP contribution in [0.3, 0.4) is 0 Å². The lowest BCUT2D eigenvalue weighted by Crippen LogP contribution is -2.24. The molecule has 4 heteroatoms. The number of hydrogen-bond donors (Lipinski definition) is 1. The van der Waals surface area contributed by atoms with Crippen molar-refractivity contribution >= 4 is 17.2 Å². The van der Waals surface area contributed by atoms with Gasteiger partial charge in [0.2, 0.25) is 0 Å². The summed E-state index contributed by atoms with van der Waals surface area (Å²) in [4.78, 5) is 6.96. The highest BCUT2D eigenvalue weighted by atomic mass is 32.1. The minimum Gasteiger partial charge on any atom is -0.373 e. The summed E-state index contributed by atoms with van der Waals surface area (Å²) >= 11 is 1.78. The number of hydrogen-bond acceptors (Lipinski definition) is 4. The third-order valence-corrected chi connectivity index (χ3v) is 4.23. The van der Waals surface area contributed by atoms with E-state index >= 15 is 0 Å². The smallest absolute Gasteiger partial charge is 0.125 e. The maximum Gasteiger partial charge on any atom is 0.125 e. The molecule has 0 aliphatic heterocycles. The molecule has 3 rings (SSSR count). The molecular weight excluding hydrogens is 254 g/mol. The van der Waals surface area contributed by atoms with Gasteiger partial charge in [0.25, 0.3) is 0 Å². The van der Waals surface area contributed by atoms with Gasteiger partial charge in [0.15, 0.2) is 0 Å². The van der Waals surface area contributed by atoms with Crippen molar-refractivity contribution < 1.29 is 0 Å². The average Bonchev–Trinajstić information content (AvgIpc) is 3.17. The summed E-state index contributed by atoms with van der Waals surface area (Å²) < 4.78 is 0. The zero-order valence-corrected chi connectivity index (χ0v) is 12.0. The molecule has 0 unspecified atom stereocenters. The predicted octanol–water partition coefficient (Wildman–Crippen LogP) is 3.35. The highest BCUT2D eigenvalue weighted by Gasteiger charge is 2.28. The van der Waals surface area contributed by atoms with Crippen LogP contribution >= 0.6 is 11.3 Å². The van der Waals surface area contributed by atoms with Gasteiger partial charge in [0, 0.05) is 32.4 Å². The minimum atomic E-state index is 0.767. The Morgan fingerprint density at radius 1 is 1.26 bits per heavy atom. The Bertz CT molecular complexity index is 503. The number of aromatic nitrogens is 1. The SMILES string of the molecule is CNc1ccc(CN(Cc2ccsc2)C2CC2)cn1. The van der Waals surface area contributed by atoms with Crippen LogP contribution in [-0.4, -0.2) is 23.0 Å². The van der Waals surface area contributed by atoms with E-state index in [1.54, 1.807) is 11.3 Å². The highest BCUT2D eigenvalue weighted by Crippen LogP contribution is 2.30. The van der Waals surface area contributed by atoms with Crippen LogP contribution in [0.15, 0.2) is 35.2 Å². The molecule has 0 bridgehead atoms. The van der Waals surface area contributed by atoms with Crippen LogP contribution in [0.25, 0.3) is 0 Å². The molecule has 1 aliphatic carbocycles. The van der Waals surface area contributed by atoms with Crippen LogP contribution in [0, 0.1) is 0 Å². The molecule has 0 atom stereocenters. The number of anilines is 1. The number of rotatable bonds is 6. The van der Waals surface area contributed by atoms with Crippen molar-refractivity contribution in [3.05, 3.63) is 46.3 Å². The summed E-state index contributed by atoms with van der Waals surface area (Å²) in [6, 6.07) is 7.21. The quantitative estimate of drug-likeness (QED) is 0.875. The summed E-state index contributed by atoms with van der Waals surface area (Å²) in [7, 11) is 1.90. The molecule has 3 nitrogen and oxygen atoms in total. The van der Waals surface area contributed by atoms with E-state index < -0.39 is 0 Å². The van der Waals surface area contributed by atoms with Crippen LogP contribution < -0.4 is 5.32 Å². The topological polar surface area (TPSA) is 28.2 Å². The summed E-state index contributed by atoms with van der Waals surface area (Å²) in [6.07, 6.45) is 4.66. The van der Waals surface area contributed by atoms with E-state index in [0.717, 1.165) is 24.9 Å². The van der Waals surface area contributed by atoms with Crippen LogP contribution in [0.4, 0.5) is 5.82 Å². The van der Waals surface area contributed by atoms with E-state index in [4.69, 9.17) is 0 Å². The summed E-state index contributed by atoms with van der Waals surface area (Å²) in [5, 5.41) is 7.46. The second-order valence-corrected chi connectivity index (χ2v) is 5.85. The lowest BCUT2D eigenvalue weighted by molar-refractivity contribution is 0.246. The molecule has 2 aromatic heterocycles. The summed E-state index contributed by atoms with van der Waals surface area (Å²) in [5.41, 5.74) is 2.72. The molecule has 2 heterocycles. The predicted molar refractivity (Wildman–Crippen MR) is 80.4 cm³/mol. The van der Waals surface area contributed by atoms with Gasteiger partial charge in [-0.25, -0.2) is 4.98 Å². The Balaban J connectivity index is 1.66. The normalized spacial score (nSPS) is 14.8. The van der Waals surface area contributed by atoms with Gasteiger partial charge in [-0.05, 0) is 46.9 Å². The van der Waals surface area contributed by atoms with Gasteiger partial charge < -0.3 is 5.32 Å². The number of nitrogens with zero attached hydrogens (tertiary/aromatic N) is 2. The van der Waals surface area contributed by atoms with E-state index in [-0.39, 0.29) is 0 Å². The van der Waals surface area contributed by atoms with Gasteiger partial charge in [-0.15, -0.1) is 0 Å². The van der Waals surface area contributed by atoms with Gasteiger partial charge in [-0.3, -0.25) is 4.90 Å². The second kappa shape index (κ2) is 5.72. The molecule has 0 spiro atoms. The van der Waals surface area contributed by atoms with Gasteiger partial charge in [-0.2, -0.15) is 11.3 Å². The lowest BCUT2D eigenvalue weighted by atomic mass is 10.2. The third kappa shape index (κ3) is 3.33. The van der Waals surface area contributed by atoms with Gasteiger partial charge in [0.05, 0.1) is 0 Å². The first-order valence-corrected chi connectivity index (χ1v) is 7.67. The standard InChI is InChI=1S/C15H19N3S/c1-16-15-5-2-12(8-17-15)9-18(14-3-4-14)10-13-6-7-19-11-13/h2,5-8,11,14H,3-4,9-10H2,1H3,(H,16,17). The minimum absolute atomic E-state index is 0.767. The van der Waals surface area contributed by atoms with Crippen LogP contribution in [0.5, 0.6) is 0 Å². The third-order valence-electron chi connectivity index (χ3n) is 3.50. The Morgan fingerprint density at radius 3 is 2.68 bits per heavy atom. The van der Waals surface area contributed by atoms with Crippen molar-refractivity contribution in [2.24, 2.45) is 0 Å². The maximum atomic E-state index is 4.39. The van der Waals surface area contributed by atoms with Crippen LogP contribution in [0.1, 0.15) is 24.0 Å². The van der Waals surface area contributed by atoms with Gasteiger partial charge in [0.1, 0.15) is 5.82 Å². The fraction of sp³-hybridized carbons (Fsp3) is 0.400. The largest absolute Gasteiger partial charge is 0.373 e. The Labute approximate surface area is 118 Å². The first kappa shape index (κ1) is 12.6. The molecule has 1 fully saturated rings. The first-order valence-electron chi connectivity index (χ1n) is 6.73. The van der Waals surface area contributed by atoms with Crippen LogP contribution in [0.2, 0.25) is 0 Å². The van der Waals surface area contributed by atoms with E-state index in [2.05, 4.69) is 38.1 Å². The molecule has 0 saturated heterocycles. The monoisotopic (exact) mass is 273 g/mol. The Morgan fingerprint density at radius 2 is 2.11 bits per heavy atom. The van der Waals surface area contributed by atoms with E-state index in [1.165, 1.54) is 24.0 Å². The van der Waals surface area contributed by atoms with Crippen molar-refractivity contribution in [3.8, 4) is 0 Å².